The topological polar surface area (TPSA) is 12.0 Å². The summed E-state index contributed by atoms with van der Waals surface area (Å²) in [4.78, 5) is 0. The van der Waals surface area contributed by atoms with Gasteiger partial charge in [0.1, 0.15) is 0 Å². The van der Waals surface area contributed by atoms with Crippen LogP contribution in [0.3, 0.4) is 0 Å². The Kier molecular flexibility index (Phi) is 4.56. The number of alkyl halides is 3. The zero-order chi connectivity index (χ0) is 12.2. The summed E-state index contributed by atoms with van der Waals surface area (Å²) in [6.07, 6.45) is -0.887. The Morgan fingerprint density at radius 3 is 2.62 bits per heavy atom. The van der Waals surface area contributed by atoms with Crippen LogP contribution in [0.15, 0.2) is 28.7 Å². The van der Waals surface area contributed by atoms with Crippen LogP contribution < -0.4 is 5.32 Å². The van der Waals surface area contributed by atoms with E-state index in [9.17, 15) is 13.2 Å². The smallest absolute Gasteiger partial charge is 0.316 e. The van der Waals surface area contributed by atoms with Crippen LogP contribution in [-0.4, -0.2) is 13.6 Å². The van der Waals surface area contributed by atoms with Gasteiger partial charge >= 0.3 is 6.18 Å². The molecule has 0 aliphatic carbocycles. The standard InChI is InChI=1S/C11H11BrF3N/c1-16-6-2-3-8-7-9(11(13,14)15)4-5-10(8)12/h2-5,7,16H,6H2,1H3. The fourth-order valence-corrected chi connectivity index (χ4v) is 1.53. The van der Waals surface area contributed by atoms with Gasteiger partial charge in [0.05, 0.1) is 5.56 Å². The van der Waals surface area contributed by atoms with E-state index in [1.165, 1.54) is 6.07 Å². The summed E-state index contributed by atoms with van der Waals surface area (Å²) in [5.41, 5.74) is -0.120. The van der Waals surface area contributed by atoms with Crippen molar-refractivity contribution in [2.45, 2.75) is 6.18 Å². The van der Waals surface area contributed by atoms with E-state index in [1.54, 1.807) is 19.2 Å². The minimum absolute atomic E-state index is 0.519. The molecular weight excluding hydrogens is 283 g/mol. The Morgan fingerprint density at radius 2 is 2.06 bits per heavy atom. The third-order valence-corrected chi connectivity index (χ3v) is 2.66. The van der Waals surface area contributed by atoms with E-state index in [0.717, 1.165) is 12.1 Å². The second-order valence-corrected chi connectivity index (χ2v) is 4.05. The number of hydrogen-bond acceptors (Lipinski definition) is 1. The highest BCUT2D eigenvalue weighted by Gasteiger charge is 2.30. The molecule has 0 radical (unpaired) electrons. The van der Waals surface area contributed by atoms with Gasteiger partial charge in [-0.3, -0.25) is 0 Å². The van der Waals surface area contributed by atoms with E-state index < -0.39 is 11.7 Å². The zero-order valence-corrected chi connectivity index (χ0v) is 10.2. The highest BCUT2D eigenvalue weighted by atomic mass is 79.9. The van der Waals surface area contributed by atoms with E-state index >= 15 is 0 Å². The van der Waals surface area contributed by atoms with Gasteiger partial charge in [0, 0.05) is 11.0 Å². The molecule has 0 fully saturated rings. The Bertz CT molecular complexity index is 385. The summed E-state index contributed by atoms with van der Waals surface area (Å²) in [7, 11) is 1.77. The molecule has 1 rings (SSSR count). The highest BCUT2D eigenvalue weighted by Crippen LogP contribution is 2.32. The van der Waals surface area contributed by atoms with Crippen LogP contribution in [0.4, 0.5) is 13.2 Å². The average molecular weight is 294 g/mol. The largest absolute Gasteiger partial charge is 0.416 e. The molecule has 0 atom stereocenters. The first-order valence-corrected chi connectivity index (χ1v) is 5.42. The molecule has 16 heavy (non-hydrogen) atoms. The number of rotatable bonds is 3. The monoisotopic (exact) mass is 293 g/mol. The lowest BCUT2D eigenvalue weighted by Crippen LogP contribution is -2.05. The summed E-state index contributed by atoms with van der Waals surface area (Å²) < 4.78 is 38.0. The summed E-state index contributed by atoms with van der Waals surface area (Å²) >= 11 is 3.21. The Morgan fingerprint density at radius 1 is 1.38 bits per heavy atom. The van der Waals surface area contributed by atoms with Crippen LogP contribution in [0.1, 0.15) is 11.1 Å². The molecule has 0 unspecified atom stereocenters. The van der Waals surface area contributed by atoms with Crippen molar-refractivity contribution in [3.63, 3.8) is 0 Å². The third-order valence-electron chi connectivity index (χ3n) is 1.94. The van der Waals surface area contributed by atoms with Crippen molar-refractivity contribution in [1.29, 1.82) is 0 Å². The van der Waals surface area contributed by atoms with Crippen molar-refractivity contribution in [1.82, 2.24) is 5.32 Å². The summed E-state index contributed by atoms with van der Waals surface area (Å²) in [6.45, 7) is 0.614. The van der Waals surface area contributed by atoms with Gasteiger partial charge in [-0.15, -0.1) is 0 Å². The zero-order valence-electron chi connectivity index (χ0n) is 8.61. The van der Waals surface area contributed by atoms with Gasteiger partial charge in [-0.1, -0.05) is 28.1 Å². The van der Waals surface area contributed by atoms with Gasteiger partial charge in [0.15, 0.2) is 0 Å². The molecule has 0 saturated carbocycles. The predicted octanol–water partition coefficient (Wildman–Crippen LogP) is 3.70. The fraction of sp³-hybridized carbons (Fsp3) is 0.273. The van der Waals surface area contributed by atoms with Crippen LogP contribution in [-0.2, 0) is 6.18 Å². The Balaban J connectivity index is 3.00. The van der Waals surface area contributed by atoms with Crippen molar-refractivity contribution in [3.8, 4) is 0 Å². The SMILES string of the molecule is CNCC=Cc1cc(C(F)(F)F)ccc1Br. The number of nitrogens with one attached hydrogen (secondary N) is 1. The van der Waals surface area contributed by atoms with Crippen LogP contribution in [0.25, 0.3) is 6.08 Å². The van der Waals surface area contributed by atoms with Gasteiger partial charge in [-0.05, 0) is 30.8 Å². The van der Waals surface area contributed by atoms with Crippen molar-refractivity contribution >= 4 is 22.0 Å². The van der Waals surface area contributed by atoms with E-state index in [2.05, 4.69) is 21.2 Å². The van der Waals surface area contributed by atoms with Crippen molar-refractivity contribution in [3.05, 3.63) is 39.9 Å². The third kappa shape index (κ3) is 3.64. The van der Waals surface area contributed by atoms with E-state index in [1.807, 2.05) is 0 Å². The molecule has 0 aliphatic heterocycles. The molecule has 0 aromatic heterocycles. The number of benzene rings is 1. The molecule has 0 heterocycles. The van der Waals surface area contributed by atoms with E-state index in [-0.39, 0.29) is 0 Å². The quantitative estimate of drug-likeness (QED) is 0.896. The fourth-order valence-electron chi connectivity index (χ4n) is 1.15. The second kappa shape index (κ2) is 5.50. The molecule has 0 amide bonds. The molecule has 0 bridgehead atoms. The molecule has 1 aromatic carbocycles. The van der Waals surface area contributed by atoms with Crippen LogP contribution in [0.5, 0.6) is 0 Å². The molecular formula is C11H11BrF3N. The van der Waals surface area contributed by atoms with Crippen molar-refractivity contribution < 1.29 is 13.2 Å². The maximum atomic E-state index is 12.4. The van der Waals surface area contributed by atoms with E-state index in [0.29, 0.717) is 16.6 Å². The number of halogens is 4. The lowest BCUT2D eigenvalue weighted by atomic mass is 10.1. The Hall–Kier alpha value is -0.810. The maximum Gasteiger partial charge on any atom is 0.416 e. The molecule has 0 spiro atoms. The van der Waals surface area contributed by atoms with Gasteiger partial charge in [0.25, 0.3) is 0 Å². The molecule has 88 valence electrons. The van der Waals surface area contributed by atoms with Crippen LogP contribution in [0, 0.1) is 0 Å². The predicted molar refractivity (Wildman–Crippen MR) is 62.1 cm³/mol. The van der Waals surface area contributed by atoms with Gasteiger partial charge in [-0.25, -0.2) is 0 Å². The summed E-state index contributed by atoms with van der Waals surface area (Å²) in [5, 5.41) is 2.88. The minimum atomic E-state index is -4.30. The Labute approximate surface area is 100 Å². The van der Waals surface area contributed by atoms with Crippen molar-refractivity contribution in [2.75, 3.05) is 13.6 Å². The minimum Gasteiger partial charge on any atom is -0.316 e. The average Bonchev–Trinajstić information content (AvgIpc) is 2.19. The van der Waals surface area contributed by atoms with Gasteiger partial charge in [0.2, 0.25) is 0 Å². The normalized spacial score (nSPS) is 12.3. The molecule has 0 saturated heterocycles. The first kappa shape index (κ1) is 13.3. The maximum absolute atomic E-state index is 12.4. The molecule has 1 nitrogen and oxygen atoms in total. The highest BCUT2D eigenvalue weighted by molar-refractivity contribution is 9.10. The summed E-state index contributed by atoms with van der Waals surface area (Å²) in [5.74, 6) is 0. The van der Waals surface area contributed by atoms with E-state index in [4.69, 9.17) is 0 Å². The number of likely N-dealkylation sites (N-methyl/N-ethyl adjacent to an activating group) is 1. The molecule has 0 aliphatic rings. The molecule has 5 heteroatoms. The lowest BCUT2D eigenvalue weighted by molar-refractivity contribution is -0.137. The van der Waals surface area contributed by atoms with Crippen LogP contribution in [0.2, 0.25) is 0 Å². The van der Waals surface area contributed by atoms with Gasteiger partial charge < -0.3 is 5.32 Å². The summed E-state index contributed by atoms with van der Waals surface area (Å²) in [6, 6.07) is 3.58. The second-order valence-electron chi connectivity index (χ2n) is 3.19. The molecule has 1 aromatic rings. The van der Waals surface area contributed by atoms with Crippen molar-refractivity contribution in [2.24, 2.45) is 0 Å². The molecule has 1 N–H and O–H groups in total. The first-order chi connectivity index (χ1) is 7.45. The first-order valence-electron chi connectivity index (χ1n) is 4.63. The lowest BCUT2D eigenvalue weighted by Gasteiger charge is -2.08. The number of hydrogen-bond donors (Lipinski definition) is 1. The van der Waals surface area contributed by atoms with Crippen LogP contribution >= 0.6 is 15.9 Å². The van der Waals surface area contributed by atoms with Gasteiger partial charge in [-0.2, -0.15) is 13.2 Å².